The van der Waals surface area contributed by atoms with Gasteiger partial charge in [0.05, 0.1) is 46.7 Å². The molecule has 2 N–H and O–H groups in total. The molecule has 1 unspecified atom stereocenters. The Balaban J connectivity index is 0.697. The summed E-state index contributed by atoms with van der Waals surface area (Å²) in [6.45, 7) is 6.49. The van der Waals surface area contributed by atoms with E-state index in [2.05, 4.69) is 52.5 Å². The van der Waals surface area contributed by atoms with Gasteiger partial charge >= 0.3 is 0 Å². The van der Waals surface area contributed by atoms with Gasteiger partial charge in [-0.3, -0.25) is 38.9 Å². The number of rotatable bonds is 12. The number of piperidine rings is 2. The number of carbonyl (C=O) groups excluding carboxylic acids is 3. The molecule has 3 amide bonds. The second-order valence-corrected chi connectivity index (χ2v) is 18.6. The molecule has 348 valence electrons. The fourth-order valence-electron chi connectivity index (χ4n) is 10.3. The SMILES string of the molecule is Cn1nc(C2CCC(=O)NC2=O)c2cccc(C#CCO[C@H]3CCN(C[C@H]4CC[C@H](n5cc(NC(=O)c6cnn7ccc(N8CCN(CC9CC9)CC8)nc67)c(C(F)F)n5)CC4)C[C@H]3F)c21. The molecule has 2 saturated carbocycles. The molecule has 3 saturated heterocycles. The average Bonchev–Trinajstić information content (AvgIpc) is 3.69. The van der Waals surface area contributed by atoms with Gasteiger partial charge in [-0.05, 0) is 75.3 Å². The molecule has 10 rings (SSSR count). The summed E-state index contributed by atoms with van der Waals surface area (Å²) in [5.41, 5.74) is 2.15. The van der Waals surface area contributed by atoms with Crippen molar-refractivity contribution in [3.05, 3.63) is 65.4 Å². The number of halogens is 3. The summed E-state index contributed by atoms with van der Waals surface area (Å²) in [4.78, 5) is 49.5. The van der Waals surface area contributed by atoms with E-state index in [-0.39, 0.29) is 48.7 Å². The zero-order chi connectivity index (χ0) is 45.5. The lowest BCUT2D eigenvalue weighted by Gasteiger charge is -2.38. The number of anilines is 2. The number of imide groups is 1. The van der Waals surface area contributed by atoms with Crippen molar-refractivity contribution in [1.82, 2.24) is 49.3 Å². The Labute approximate surface area is 380 Å². The minimum absolute atomic E-state index is 0.0316. The number of fused-ring (bicyclic) bond motifs is 2. The Morgan fingerprint density at radius 1 is 0.955 bits per heavy atom. The molecule has 5 fully saturated rings. The Morgan fingerprint density at radius 3 is 2.47 bits per heavy atom. The van der Waals surface area contributed by atoms with Crippen molar-refractivity contribution >= 4 is 45.8 Å². The van der Waals surface area contributed by atoms with Crippen molar-refractivity contribution in [3.8, 4) is 11.8 Å². The minimum atomic E-state index is -2.89. The third kappa shape index (κ3) is 9.40. The van der Waals surface area contributed by atoms with E-state index in [0.29, 0.717) is 42.2 Å². The number of para-hydroxylation sites is 1. The van der Waals surface area contributed by atoms with Crippen LogP contribution < -0.4 is 15.5 Å². The second kappa shape index (κ2) is 18.8. The number of hydrogen-bond donors (Lipinski definition) is 2. The van der Waals surface area contributed by atoms with Gasteiger partial charge in [0.1, 0.15) is 24.2 Å². The third-order valence-corrected chi connectivity index (χ3v) is 14.1. The smallest absolute Gasteiger partial charge is 0.284 e. The van der Waals surface area contributed by atoms with Crippen LogP contribution in [0.1, 0.15) is 103 Å². The van der Waals surface area contributed by atoms with Gasteiger partial charge in [0.2, 0.25) is 11.8 Å². The highest BCUT2D eigenvalue weighted by Gasteiger charge is 2.35. The molecule has 7 heterocycles. The third-order valence-electron chi connectivity index (χ3n) is 14.1. The molecular formula is C47H55F3N12O4. The second-order valence-electron chi connectivity index (χ2n) is 18.6. The summed E-state index contributed by atoms with van der Waals surface area (Å²) in [7, 11) is 1.80. The molecule has 2 aliphatic carbocycles. The highest BCUT2D eigenvalue weighted by molar-refractivity contribution is 6.08. The Bertz CT molecular complexity index is 2670. The summed E-state index contributed by atoms with van der Waals surface area (Å²) in [5, 5.41) is 19.1. The predicted molar refractivity (Wildman–Crippen MR) is 239 cm³/mol. The molecule has 0 bridgehead atoms. The molecule has 16 nitrogen and oxygen atoms in total. The van der Waals surface area contributed by atoms with Gasteiger partial charge in [0.15, 0.2) is 11.3 Å². The number of nitrogens with one attached hydrogen (secondary N) is 2. The summed E-state index contributed by atoms with van der Waals surface area (Å²) in [6, 6.07) is 7.41. The van der Waals surface area contributed by atoms with Crippen molar-refractivity contribution < 1.29 is 32.3 Å². The molecule has 3 aliphatic heterocycles. The van der Waals surface area contributed by atoms with Gasteiger partial charge in [0, 0.05) is 83.6 Å². The average molecular weight is 909 g/mol. The zero-order valence-electron chi connectivity index (χ0n) is 37.0. The van der Waals surface area contributed by atoms with E-state index in [4.69, 9.17) is 9.72 Å². The van der Waals surface area contributed by atoms with Crippen LogP contribution in [0.3, 0.4) is 0 Å². The Morgan fingerprint density at radius 2 is 1.73 bits per heavy atom. The summed E-state index contributed by atoms with van der Waals surface area (Å²) < 4.78 is 54.9. The van der Waals surface area contributed by atoms with Crippen LogP contribution in [0, 0.1) is 23.7 Å². The molecule has 3 atom stereocenters. The minimum Gasteiger partial charge on any atom is -0.362 e. The zero-order valence-corrected chi connectivity index (χ0v) is 37.0. The van der Waals surface area contributed by atoms with E-state index in [0.717, 1.165) is 87.6 Å². The molecule has 66 heavy (non-hydrogen) atoms. The maximum absolute atomic E-state index is 15.5. The number of likely N-dealkylation sites (tertiary alicyclic amines) is 1. The van der Waals surface area contributed by atoms with Crippen LogP contribution in [0.25, 0.3) is 16.6 Å². The lowest BCUT2D eigenvalue weighted by Crippen LogP contribution is -2.47. The normalized spacial score (nSPS) is 24.5. The van der Waals surface area contributed by atoms with Gasteiger partial charge in [0.25, 0.3) is 12.3 Å². The monoisotopic (exact) mass is 908 g/mol. The number of alkyl halides is 3. The quantitative estimate of drug-likeness (QED) is 0.124. The topological polar surface area (TPSA) is 160 Å². The van der Waals surface area contributed by atoms with Crippen LogP contribution >= 0.6 is 0 Å². The van der Waals surface area contributed by atoms with Gasteiger partial charge in [-0.2, -0.15) is 15.3 Å². The van der Waals surface area contributed by atoms with E-state index in [1.165, 1.54) is 29.8 Å². The number of nitrogens with zero attached hydrogens (tertiary/aromatic N) is 10. The maximum atomic E-state index is 15.5. The first-order chi connectivity index (χ1) is 32.0. The lowest BCUT2D eigenvalue weighted by atomic mass is 9.85. The van der Waals surface area contributed by atoms with Crippen molar-refractivity contribution in [2.24, 2.45) is 18.9 Å². The van der Waals surface area contributed by atoms with Gasteiger partial charge in [-0.1, -0.05) is 24.0 Å². The molecule has 0 radical (unpaired) electrons. The summed E-state index contributed by atoms with van der Waals surface area (Å²) in [5.74, 6) is 6.39. The molecular weight excluding hydrogens is 854 g/mol. The predicted octanol–water partition coefficient (Wildman–Crippen LogP) is 5.27. The number of aromatic nitrogens is 7. The largest absolute Gasteiger partial charge is 0.362 e. The van der Waals surface area contributed by atoms with E-state index < -0.39 is 36.2 Å². The summed E-state index contributed by atoms with van der Waals surface area (Å²) in [6.07, 6.45) is 7.03. The number of piperazine rings is 1. The number of benzene rings is 1. The van der Waals surface area contributed by atoms with Gasteiger partial charge in [-0.25, -0.2) is 22.7 Å². The number of amides is 3. The maximum Gasteiger partial charge on any atom is 0.284 e. The van der Waals surface area contributed by atoms with E-state index in [9.17, 15) is 23.2 Å². The number of aryl methyl sites for hydroxylation is 1. The molecule has 5 aliphatic rings. The fraction of sp³-hybridized carbons (Fsp3) is 0.553. The van der Waals surface area contributed by atoms with E-state index in [1.807, 2.05) is 24.3 Å². The first-order valence-corrected chi connectivity index (χ1v) is 23.3. The van der Waals surface area contributed by atoms with Crippen LogP contribution in [-0.4, -0.2) is 133 Å². The molecule has 1 aromatic carbocycles. The van der Waals surface area contributed by atoms with E-state index >= 15 is 4.39 Å². The first kappa shape index (κ1) is 44.0. The fourth-order valence-corrected chi connectivity index (χ4v) is 10.3. The molecule has 4 aromatic heterocycles. The van der Waals surface area contributed by atoms with Crippen molar-refractivity contribution in [2.75, 3.05) is 69.2 Å². The highest BCUT2D eigenvalue weighted by Crippen LogP contribution is 2.37. The van der Waals surface area contributed by atoms with Crippen LogP contribution in [0.4, 0.5) is 24.7 Å². The van der Waals surface area contributed by atoms with Crippen LogP contribution in [0.15, 0.2) is 42.9 Å². The van der Waals surface area contributed by atoms with Crippen LogP contribution in [0.2, 0.25) is 0 Å². The van der Waals surface area contributed by atoms with Crippen molar-refractivity contribution in [3.63, 3.8) is 0 Å². The van der Waals surface area contributed by atoms with E-state index in [1.54, 1.807) is 22.6 Å². The number of carbonyl (C=O) groups is 3. The number of ether oxygens (including phenoxy) is 1. The Kier molecular flexibility index (Phi) is 12.5. The standard InChI is InChI=1S/C47H55F3N12O4/c1-57-43-31(4-2-6-33(43)41(55-57)34-13-14-40(63)54-46(34)64)5-3-23-66-38-15-17-59(27-36(38)48)26-30-9-11-32(12-10-30)62-28-37(42(56-62)44(49)50)52-47(65)35-24-51-61-18-16-39(53-45(35)61)60-21-19-58(20-22-60)25-29-7-8-29/h2,4,6,16,18,24,28-30,32,34,36,38,44H,7-15,17,19-23,25-27H2,1H3,(H,52,65)(H,54,63,64)/t30-,32-,34?,36-,38+/m1/s1. The van der Waals surface area contributed by atoms with Gasteiger partial charge in [-0.15, -0.1) is 0 Å². The number of hydrogen-bond acceptors (Lipinski definition) is 11. The van der Waals surface area contributed by atoms with Crippen LogP contribution in [0.5, 0.6) is 0 Å². The highest BCUT2D eigenvalue weighted by atomic mass is 19.3. The van der Waals surface area contributed by atoms with Crippen molar-refractivity contribution in [1.29, 1.82) is 0 Å². The molecule has 19 heteroatoms. The Hall–Kier alpha value is -5.84. The first-order valence-electron chi connectivity index (χ1n) is 23.3. The van der Waals surface area contributed by atoms with Gasteiger partial charge < -0.3 is 15.0 Å². The van der Waals surface area contributed by atoms with Crippen LogP contribution in [-0.2, 0) is 21.4 Å². The van der Waals surface area contributed by atoms with Crippen molar-refractivity contribution in [2.45, 2.75) is 88.4 Å². The molecule has 0 spiro atoms. The lowest BCUT2D eigenvalue weighted by molar-refractivity contribution is -0.134. The molecule has 5 aromatic rings. The summed E-state index contributed by atoms with van der Waals surface area (Å²) >= 11 is 0.